The predicted octanol–water partition coefficient (Wildman–Crippen LogP) is 1.77. The average molecular weight is 273 g/mol. The Kier molecular flexibility index (Phi) is 4.08. The molecule has 0 aromatic carbocycles. The summed E-state index contributed by atoms with van der Waals surface area (Å²) in [5, 5.41) is 0. The van der Waals surface area contributed by atoms with Crippen LogP contribution in [0, 0.1) is 0 Å². The van der Waals surface area contributed by atoms with Gasteiger partial charge in [0, 0.05) is 13.0 Å². The van der Waals surface area contributed by atoms with Gasteiger partial charge in [0.15, 0.2) is 0 Å². The van der Waals surface area contributed by atoms with E-state index >= 15 is 0 Å². The molecule has 4 nitrogen and oxygen atoms in total. The summed E-state index contributed by atoms with van der Waals surface area (Å²) in [4.78, 5) is 5.88. The molecule has 0 spiro atoms. The molecule has 3 atom stereocenters. The number of halogens is 2. The van der Waals surface area contributed by atoms with Crippen molar-refractivity contribution >= 4 is 6.02 Å². The van der Waals surface area contributed by atoms with Gasteiger partial charge in [0.05, 0.1) is 11.2 Å². The van der Waals surface area contributed by atoms with Crippen LogP contribution in [0.1, 0.15) is 26.2 Å². The van der Waals surface area contributed by atoms with E-state index in [1.165, 1.54) is 6.92 Å². The molecule has 0 aromatic rings. The summed E-state index contributed by atoms with van der Waals surface area (Å²) in [5.41, 5.74) is 5.37. The third-order valence-electron chi connectivity index (χ3n) is 3.96. The lowest BCUT2D eigenvalue weighted by atomic mass is 9.95. The molecule has 0 aliphatic carbocycles. The highest BCUT2D eigenvalue weighted by Gasteiger charge is 2.49. The van der Waals surface area contributed by atoms with Crippen LogP contribution < -0.4 is 5.73 Å². The Morgan fingerprint density at radius 1 is 1.68 bits per heavy atom. The number of nitrogens with two attached hydrogens (primary N) is 1. The maximum absolute atomic E-state index is 13.5. The van der Waals surface area contributed by atoms with E-state index in [2.05, 4.69) is 16.5 Å². The van der Waals surface area contributed by atoms with Crippen molar-refractivity contribution in [2.45, 2.75) is 44.1 Å². The predicted molar refractivity (Wildman–Crippen MR) is 70.3 cm³/mol. The van der Waals surface area contributed by atoms with Crippen molar-refractivity contribution in [2.75, 3.05) is 19.7 Å². The summed E-state index contributed by atoms with van der Waals surface area (Å²) < 4.78 is 31.8. The van der Waals surface area contributed by atoms with Gasteiger partial charge in [0.2, 0.25) is 0 Å². The minimum Gasteiger partial charge on any atom is -0.463 e. The van der Waals surface area contributed by atoms with E-state index in [0.717, 1.165) is 19.4 Å². The van der Waals surface area contributed by atoms with E-state index in [0.29, 0.717) is 19.6 Å². The third kappa shape index (κ3) is 3.05. The monoisotopic (exact) mass is 273 g/mol. The van der Waals surface area contributed by atoms with Crippen molar-refractivity contribution < 1.29 is 13.5 Å². The number of rotatable bonds is 4. The molecule has 0 aromatic heterocycles. The summed E-state index contributed by atoms with van der Waals surface area (Å²) in [6, 6.07) is -0.0990. The molecule has 108 valence electrons. The number of nitrogens with zero attached hydrogens (tertiary/aromatic N) is 2. The SMILES string of the molecule is C=C(/N=C(\N)OCC12CCCN1C[C@H](F)C2)C(C)F. The van der Waals surface area contributed by atoms with Crippen LogP contribution in [0.25, 0.3) is 0 Å². The van der Waals surface area contributed by atoms with Crippen molar-refractivity contribution in [1.29, 1.82) is 0 Å². The van der Waals surface area contributed by atoms with Crippen LogP contribution >= 0.6 is 0 Å². The molecule has 6 heteroatoms. The smallest absolute Gasteiger partial charge is 0.287 e. The van der Waals surface area contributed by atoms with Crippen molar-refractivity contribution in [3.05, 3.63) is 12.3 Å². The summed E-state index contributed by atoms with van der Waals surface area (Å²) in [7, 11) is 0. The van der Waals surface area contributed by atoms with Crippen molar-refractivity contribution in [1.82, 2.24) is 4.90 Å². The maximum atomic E-state index is 13.5. The third-order valence-corrected chi connectivity index (χ3v) is 3.96. The standard InChI is InChI=1S/C13H21F2N3O/c1-9(14)10(2)17-12(16)19-8-13-4-3-5-18(13)7-11(15)6-13/h9,11H,2-8H2,1H3,(H2,16,17)/t9?,11-,13?/m1/s1. The van der Waals surface area contributed by atoms with Gasteiger partial charge < -0.3 is 10.5 Å². The summed E-state index contributed by atoms with van der Waals surface area (Å²) in [6.07, 6.45) is 0.358. The number of hydrogen-bond donors (Lipinski definition) is 1. The fraction of sp³-hybridized carbons (Fsp3) is 0.769. The van der Waals surface area contributed by atoms with Crippen molar-refractivity contribution in [3.8, 4) is 0 Å². The van der Waals surface area contributed by atoms with E-state index in [9.17, 15) is 8.78 Å². The first-order chi connectivity index (χ1) is 8.93. The minimum atomic E-state index is -1.26. The number of ether oxygens (including phenoxy) is 1. The molecule has 2 heterocycles. The van der Waals surface area contributed by atoms with Gasteiger partial charge in [-0.2, -0.15) is 0 Å². The quantitative estimate of drug-likeness (QED) is 0.627. The number of allylic oxidation sites excluding steroid dienone is 1. The molecule has 2 unspecified atom stereocenters. The molecular formula is C13H21F2N3O. The molecule has 19 heavy (non-hydrogen) atoms. The number of amidine groups is 1. The second-order valence-corrected chi connectivity index (χ2v) is 5.42. The van der Waals surface area contributed by atoms with Gasteiger partial charge in [0.25, 0.3) is 6.02 Å². The highest BCUT2D eigenvalue weighted by atomic mass is 19.1. The normalized spacial score (nSPS) is 33.2. The van der Waals surface area contributed by atoms with Crippen molar-refractivity contribution in [3.63, 3.8) is 0 Å². The van der Waals surface area contributed by atoms with Crippen LogP contribution in [-0.4, -0.2) is 48.5 Å². The van der Waals surface area contributed by atoms with E-state index in [-0.39, 0.29) is 17.3 Å². The number of fused-ring (bicyclic) bond motifs is 1. The number of aliphatic imine (C=N–C) groups is 1. The zero-order valence-electron chi connectivity index (χ0n) is 11.2. The first-order valence-electron chi connectivity index (χ1n) is 6.62. The van der Waals surface area contributed by atoms with Crippen LogP contribution in [0.5, 0.6) is 0 Å². The second kappa shape index (κ2) is 5.45. The molecule has 0 bridgehead atoms. The molecule has 2 aliphatic heterocycles. The molecule has 2 rings (SSSR count). The summed E-state index contributed by atoms with van der Waals surface area (Å²) >= 11 is 0. The van der Waals surface area contributed by atoms with Gasteiger partial charge in [-0.05, 0) is 26.3 Å². The molecule has 0 radical (unpaired) electrons. The van der Waals surface area contributed by atoms with E-state index in [1.54, 1.807) is 0 Å². The average Bonchev–Trinajstić information content (AvgIpc) is 2.82. The zero-order chi connectivity index (χ0) is 14.0. The van der Waals surface area contributed by atoms with E-state index in [1.807, 2.05) is 0 Å². The molecule has 2 fully saturated rings. The van der Waals surface area contributed by atoms with Crippen LogP contribution in [0.15, 0.2) is 17.3 Å². The summed E-state index contributed by atoms with van der Waals surface area (Å²) in [5.74, 6) is 0. The molecule has 2 N–H and O–H groups in total. The zero-order valence-corrected chi connectivity index (χ0v) is 11.2. The first-order valence-corrected chi connectivity index (χ1v) is 6.62. The Bertz CT molecular complexity index is 386. The summed E-state index contributed by atoms with van der Waals surface area (Å²) in [6.45, 7) is 6.46. The Morgan fingerprint density at radius 3 is 3.11 bits per heavy atom. The lowest BCUT2D eigenvalue weighted by molar-refractivity contribution is 0.105. The molecular weight excluding hydrogens is 252 g/mol. The Hall–Kier alpha value is -1.17. The van der Waals surface area contributed by atoms with Crippen molar-refractivity contribution in [2.24, 2.45) is 10.7 Å². The Morgan fingerprint density at radius 2 is 2.42 bits per heavy atom. The maximum Gasteiger partial charge on any atom is 0.287 e. The topological polar surface area (TPSA) is 50.9 Å². The van der Waals surface area contributed by atoms with Gasteiger partial charge in [-0.3, -0.25) is 4.90 Å². The lowest BCUT2D eigenvalue weighted by Crippen LogP contribution is -2.43. The van der Waals surface area contributed by atoms with Gasteiger partial charge in [-0.1, -0.05) is 6.58 Å². The van der Waals surface area contributed by atoms with Crippen LogP contribution in [0.3, 0.4) is 0 Å². The van der Waals surface area contributed by atoms with Gasteiger partial charge in [0.1, 0.15) is 19.0 Å². The van der Waals surface area contributed by atoms with Gasteiger partial charge >= 0.3 is 0 Å². The van der Waals surface area contributed by atoms with Gasteiger partial charge in [-0.25, -0.2) is 13.8 Å². The van der Waals surface area contributed by atoms with Gasteiger partial charge in [-0.15, -0.1) is 0 Å². The molecule has 2 aliphatic rings. The largest absolute Gasteiger partial charge is 0.463 e. The van der Waals surface area contributed by atoms with Crippen LogP contribution in [0.2, 0.25) is 0 Å². The second-order valence-electron chi connectivity index (χ2n) is 5.42. The number of alkyl halides is 2. The Labute approximate surface area is 112 Å². The number of hydrogen-bond acceptors (Lipinski definition) is 3. The van der Waals surface area contributed by atoms with E-state index in [4.69, 9.17) is 10.5 Å². The molecule has 0 amide bonds. The molecule has 0 saturated carbocycles. The first kappa shape index (κ1) is 14.2. The van der Waals surface area contributed by atoms with Crippen LogP contribution in [0.4, 0.5) is 8.78 Å². The highest BCUT2D eigenvalue weighted by Crippen LogP contribution is 2.40. The van der Waals surface area contributed by atoms with E-state index < -0.39 is 12.3 Å². The fourth-order valence-corrected chi connectivity index (χ4v) is 2.92. The Balaban J connectivity index is 1.93. The fourth-order valence-electron chi connectivity index (χ4n) is 2.92. The van der Waals surface area contributed by atoms with Crippen LogP contribution in [-0.2, 0) is 4.74 Å². The minimum absolute atomic E-state index is 0.0352. The molecule has 2 saturated heterocycles. The lowest BCUT2D eigenvalue weighted by Gasteiger charge is -2.30. The highest BCUT2D eigenvalue weighted by molar-refractivity contribution is 5.72.